The summed E-state index contributed by atoms with van der Waals surface area (Å²) in [7, 11) is 0. The zero-order valence-electron chi connectivity index (χ0n) is 8.85. The second kappa shape index (κ2) is 5.70. The Morgan fingerprint density at radius 2 is 2.15 bits per heavy atom. The number of allylic oxidation sites excluding steroid dienone is 2. The largest absolute Gasteiger partial charge is 0.118 e. The molecule has 0 radical (unpaired) electrons. The Morgan fingerprint density at radius 3 is 2.69 bits per heavy atom. The molecule has 0 spiro atoms. The fraction of sp³-hybridized carbons (Fsp3) is 0.833. The van der Waals surface area contributed by atoms with Crippen molar-refractivity contribution in [3.05, 3.63) is 11.6 Å². The molecule has 0 heterocycles. The predicted molar refractivity (Wildman–Crippen MR) is 60.3 cm³/mol. The van der Waals surface area contributed by atoms with E-state index in [1.807, 2.05) is 0 Å². The van der Waals surface area contributed by atoms with E-state index in [0.717, 1.165) is 5.92 Å². The third kappa shape index (κ3) is 3.72. The molecule has 1 aliphatic carbocycles. The Kier molecular flexibility index (Phi) is 4.87. The van der Waals surface area contributed by atoms with Crippen molar-refractivity contribution in [3.63, 3.8) is 0 Å². The standard InChI is InChI=1S/C12H21Cl/c1-3-10(4-2)8-11-6-5-7-12(13)9-11/h9-10,12H,3-8H2,1-2H3. The van der Waals surface area contributed by atoms with Crippen molar-refractivity contribution in [2.75, 3.05) is 0 Å². The monoisotopic (exact) mass is 200 g/mol. The highest BCUT2D eigenvalue weighted by Crippen LogP contribution is 2.28. The van der Waals surface area contributed by atoms with Crippen molar-refractivity contribution in [3.8, 4) is 0 Å². The van der Waals surface area contributed by atoms with Crippen LogP contribution in [0.2, 0.25) is 0 Å². The lowest BCUT2D eigenvalue weighted by molar-refractivity contribution is 0.474. The van der Waals surface area contributed by atoms with E-state index in [9.17, 15) is 0 Å². The van der Waals surface area contributed by atoms with E-state index in [-0.39, 0.29) is 0 Å². The molecule has 76 valence electrons. The lowest BCUT2D eigenvalue weighted by Gasteiger charge is -2.20. The highest BCUT2D eigenvalue weighted by atomic mass is 35.5. The van der Waals surface area contributed by atoms with Gasteiger partial charge in [0.05, 0.1) is 5.38 Å². The van der Waals surface area contributed by atoms with E-state index < -0.39 is 0 Å². The summed E-state index contributed by atoms with van der Waals surface area (Å²) in [5.74, 6) is 0.883. The molecule has 1 heteroatoms. The first-order valence-corrected chi connectivity index (χ1v) is 6.03. The van der Waals surface area contributed by atoms with Gasteiger partial charge < -0.3 is 0 Å². The van der Waals surface area contributed by atoms with E-state index in [1.54, 1.807) is 5.57 Å². The average Bonchev–Trinajstić information content (AvgIpc) is 2.14. The Hall–Kier alpha value is 0.0300. The summed E-state index contributed by atoms with van der Waals surface area (Å²) in [5, 5.41) is 0.318. The van der Waals surface area contributed by atoms with Crippen LogP contribution in [-0.4, -0.2) is 5.38 Å². The van der Waals surface area contributed by atoms with E-state index in [2.05, 4.69) is 19.9 Å². The number of rotatable bonds is 4. The third-order valence-electron chi connectivity index (χ3n) is 3.10. The molecule has 0 fully saturated rings. The van der Waals surface area contributed by atoms with Gasteiger partial charge >= 0.3 is 0 Å². The summed E-state index contributed by atoms with van der Waals surface area (Å²) >= 11 is 6.10. The quantitative estimate of drug-likeness (QED) is 0.462. The molecule has 0 aromatic carbocycles. The van der Waals surface area contributed by atoms with Crippen LogP contribution in [0.25, 0.3) is 0 Å². The van der Waals surface area contributed by atoms with Gasteiger partial charge in [-0.3, -0.25) is 0 Å². The SMILES string of the molecule is CCC(CC)CC1=CC(Cl)CCC1. The normalized spacial score (nSPS) is 23.4. The van der Waals surface area contributed by atoms with Crippen molar-refractivity contribution >= 4 is 11.6 Å². The minimum Gasteiger partial charge on any atom is -0.118 e. The Morgan fingerprint density at radius 1 is 1.46 bits per heavy atom. The molecule has 13 heavy (non-hydrogen) atoms. The summed E-state index contributed by atoms with van der Waals surface area (Å²) in [6.45, 7) is 4.57. The van der Waals surface area contributed by atoms with Crippen molar-refractivity contribution in [1.82, 2.24) is 0 Å². The number of halogens is 1. The zero-order valence-corrected chi connectivity index (χ0v) is 9.61. The van der Waals surface area contributed by atoms with Gasteiger partial charge in [-0.05, 0) is 31.6 Å². The van der Waals surface area contributed by atoms with E-state index >= 15 is 0 Å². The molecule has 0 N–H and O–H groups in total. The first kappa shape index (κ1) is 11.1. The second-order valence-electron chi connectivity index (χ2n) is 4.12. The molecule has 0 bridgehead atoms. The van der Waals surface area contributed by atoms with Gasteiger partial charge in [-0.15, -0.1) is 11.6 Å². The van der Waals surface area contributed by atoms with Crippen molar-refractivity contribution < 1.29 is 0 Å². The number of hydrogen-bond acceptors (Lipinski definition) is 0. The lowest BCUT2D eigenvalue weighted by Crippen LogP contribution is -2.07. The van der Waals surface area contributed by atoms with Gasteiger partial charge in [0.2, 0.25) is 0 Å². The molecule has 1 aliphatic rings. The highest BCUT2D eigenvalue weighted by Gasteiger charge is 2.13. The van der Waals surface area contributed by atoms with Crippen LogP contribution >= 0.6 is 11.6 Å². The van der Waals surface area contributed by atoms with Gasteiger partial charge in [0.25, 0.3) is 0 Å². The zero-order chi connectivity index (χ0) is 9.68. The van der Waals surface area contributed by atoms with Crippen LogP contribution in [0.5, 0.6) is 0 Å². The van der Waals surface area contributed by atoms with Gasteiger partial charge in [-0.25, -0.2) is 0 Å². The Labute approximate surface area is 87.4 Å². The summed E-state index contributed by atoms with van der Waals surface area (Å²) in [6.07, 6.45) is 9.95. The van der Waals surface area contributed by atoms with Crippen LogP contribution in [0.1, 0.15) is 52.4 Å². The van der Waals surface area contributed by atoms with Crippen LogP contribution in [0.4, 0.5) is 0 Å². The number of alkyl halides is 1. The Bertz CT molecular complexity index is 168. The molecule has 0 nitrogen and oxygen atoms in total. The van der Waals surface area contributed by atoms with Gasteiger partial charge in [0, 0.05) is 0 Å². The maximum atomic E-state index is 6.10. The summed E-state index contributed by atoms with van der Waals surface area (Å²) in [6, 6.07) is 0. The molecule has 1 atom stereocenters. The molecule has 0 aliphatic heterocycles. The molecule has 0 aromatic rings. The highest BCUT2D eigenvalue weighted by molar-refractivity contribution is 6.21. The molecule has 0 amide bonds. The van der Waals surface area contributed by atoms with Crippen molar-refractivity contribution in [2.45, 2.75) is 57.7 Å². The maximum absolute atomic E-state index is 6.10. The molecule has 1 unspecified atom stereocenters. The van der Waals surface area contributed by atoms with E-state index in [4.69, 9.17) is 11.6 Å². The molecular weight excluding hydrogens is 180 g/mol. The predicted octanol–water partition coefficient (Wildman–Crippen LogP) is 4.53. The van der Waals surface area contributed by atoms with Gasteiger partial charge in [-0.2, -0.15) is 0 Å². The summed E-state index contributed by atoms with van der Waals surface area (Å²) in [4.78, 5) is 0. The average molecular weight is 201 g/mol. The first-order valence-electron chi connectivity index (χ1n) is 5.59. The molecule has 0 saturated carbocycles. The fourth-order valence-electron chi connectivity index (χ4n) is 2.06. The molecular formula is C12H21Cl. The van der Waals surface area contributed by atoms with E-state index in [0.29, 0.717) is 5.38 Å². The smallest absolute Gasteiger partial charge is 0.0518 e. The second-order valence-corrected chi connectivity index (χ2v) is 4.68. The van der Waals surface area contributed by atoms with Crippen LogP contribution < -0.4 is 0 Å². The number of hydrogen-bond donors (Lipinski definition) is 0. The summed E-state index contributed by atoms with van der Waals surface area (Å²) in [5.41, 5.74) is 1.61. The van der Waals surface area contributed by atoms with Gasteiger partial charge in [-0.1, -0.05) is 38.3 Å². The van der Waals surface area contributed by atoms with Gasteiger partial charge in [0.1, 0.15) is 0 Å². The van der Waals surface area contributed by atoms with Crippen LogP contribution in [-0.2, 0) is 0 Å². The van der Waals surface area contributed by atoms with Crippen molar-refractivity contribution in [2.24, 2.45) is 5.92 Å². The minimum atomic E-state index is 0.318. The minimum absolute atomic E-state index is 0.318. The molecule has 0 aromatic heterocycles. The third-order valence-corrected chi connectivity index (χ3v) is 3.44. The lowest BCUT2D eigenvalue weighted by atomic mass is 9.88. The Balaban J connectivity index is 2.42. The molecule has 1 rings (SSSR count). The molecule has 0 saturated heterocycles. The van der Waals surface area contributed by atoms with Crippen LogP contribution in [0.15, 0.2) is 11.6 Å². The van der Waals surface area contributed by atoms with E-state index in [1.165, 1.54) is 38.5 Å². The first-order chi connectivity index (χ1) is 6.26. The van der Waals surface area contributed by atoms with Crippen molar-refractivity contribution in [1.29, 1.82) is 0 Å². The topological polar surface area (TPSA) is 0 Å². The summed E-state index contributed by atoms with van der Waals surface area (Å²) < 4.78 is 0. The van der Waals surface area contributed by atoms with Crippen LogP contribution in [0, 0.1) is 5.92 Å². The van der Waals surface area contributed by atoms with Gasteiger partial charge in [0.15, 0.2) is 0 Å². The fourth-order valence-corrected chi connectivity index (χ4v) is 2.40. The maximum Gasteiger partial charge on any atom is 0.0518 e. The van der Waals surface area contributed by atoms with Crippen LogP contribution in [0.3, 0.4) is 0 Å².